The smallest absolute Gasteiger partial charge is 0.271 e. The first-order chi connectivity index (χ1) is 14.5. The Kier molecular flexibility index (Phi) is 5.80. The summed E-state index contributed by atoms with van der Waals surface area (Å²) in [5.41, 5.74) is 2.71. The Hall–Kier alpha value is -3.20. The zero-order valence-corrected chi connectivity index (χ0v) is 16.8. The monoisotopic (exact) mass is 426 g/mol. The molecule has 154 valence electrons. The number of hydrogen-bond acceptors (Lipinski definition) is 5. The van der Waals surface area contributed by atoms with Crippen LogP contribution in [0.3, 0.4) is 0 Å². The largest absolute Gasteiger partial charge is 0.323 e. The number of para-hydroxylation sites is 1. The van der Waals surface area contributed by atoms with Crippen LogP contribution in [-0.2, 0) is 17.6 Å². The summed E-state index contributed by atoms with van der Waals surface area (Å²) in [6.07, 6.45) is 4.04. The number of benzene rings is 2. The van der Waals surface area contributed by atoms with Gasteiger partial charge in [0.2, 0.25) is 5.91 Å². The minimum absolute atomic E-state index is 0.00482. The second-order valence-corrected chi connectivity index (χ2v) is 7.87. The molecule has 1 aromatic heterocycles. The number of amides is 1. The van der Waals surface area contributed by atoms with Gasteiger partial charge in [-0.1, -0.05) is 30.0 Å². The lowest BCUT2D eigenvalue weighted by atomic mass is 10.0. The third-order valence-corrected chi connectivity index (χ3v) is 5.82. The lowest BCUT2D eigenvalue weighted by Crippen LogP contribution is -2.16. The maximum absolute atomic E-state index is 13.9. The molecule has 0 bridgehead atoms. The van der Waals surface area contributed by atoms with E-state index < -0.39 is 16.6 Å². The summed E-state index contributed by atoms with van der Waals surface area (Å²) >= 11 is 1.26. The van der Waals surface area contributed by atoms with Gasteiger partial charge in [0.1, 0.15) is 5.82 Å². The van der Waals surface area contributed by atoms with Gasteiger partial charge in [-0.3, -0.25) is 19.5 Å². The van der Waals surface area contributed by atoms with Crippen LogP contribution in [0.5, 0.6) is 0 Å². The van der Waals surface area contributed by atoms with Gasteiger partial charge in [-0.15, -0.1) is 0 Å². The number of fused-ring (bicyclic) bond motifs is 1. The molecule has 0 saturated heterocycles. The molecule has 4 rings (SSSR count). The van der Waals surface area contributed by atoms with Gasteiger partial charge in [-0.05, 0) is 43.9 Å². The van der Waals surface area contributed by atoms with E-state index in [-0.39, 0.29) is 17.1 Å². The van der Waals surface area contributed by atoms with Crippen molar-refractivity contribution in [2.24, 2.45) is 0 Å². The Morgan fingerprint density at radius 2 is 1.97 bits per heavy atom. The zero-order chi connectivity index (χ0) is 21.1. The fraction of sp³-hybridized carbons (Fsp3) is 0.238. The molecule has 0 saturated carbocycles. The first-order valence-corrected chi connectivity index (χ1v) is 10.5. The topological polar surface area (TPSA) is 90.1 Å². The van der Waals surface area contributed by atoms with E-state index in [1.807, 2.05) is 30.3 Å². The highest BCUT2D eigenvalue weighted by molar-refractivity contribution is 7.99. The fourth-order valence-electron chi connectivity index (χ4n) is 3.49. The van der Waals surface area contributed by atoms with E-state index in [1.54, 1.807) is 0 Å². The Morgan fingerprint density at radius 3 is 2.73 bits per heavy atom. The summed E-state index contributed by atoms with van der Waals surface area (Å²) in [5, 5.41) is 14.0. The average molecular weight is 426 g/mol. The van der Waals surface area contributed by atoms with E-state index in [2.05, 4.69) is 9.88 Å². The summed E-state index contributed by atoms with van der Waals surface area (Å²) < 4.78 is 16.0. The van der Waals surface area contributed by atoms with Crippen molar-refractivity contribution in [3.63, 3.8) is 0 Å². The standard InChI is InChI=1S/C21H19FN4O3S/c22-16-11-10-15(26(28)29)12-18(16)23-20(27)13-30-21-24-17-8-4-5-9-19(17)25(21)14-6-2-1-3-7-14/h1-3,6-7,10-12H,4-5,8-9,13H2,(H,23,27). The molecule has 9 heteroatoms. The van der Waals surface area contributed by atoms with Crippen LogP contribution in [0, 0.1) is 15.9 Å². The number of carbonyl (C=O) groups excluding carboxylic acids is 1. The molecule has 0 unspecified atom stereocenters. The number of anilines is 1. The summed E-state index contributed by atoms with van der Waals surface area (Å²) in [6, 6.07) is 12.9. The molecule has 2 aromatic carbocycles. The molecule has 30 heavy (non-hydrogen) atoms. The molecular weight excluding hydrogens is 407 g/mol. The second-order valence-electron chi connectivity index (χ2n) is 6.92. The number of halogens is 1. The number of nitro groups is 1. The Labute approximate surface area is 176 Å². The molecule has 0 aliphatic heterocycles. The van der Waals surface area contributed by atoms with Crippen LogP contribution in [0.2, 0.25) is 0 Å². The Morgan fingerprint density at radius 1 is 1.20 bits per heavy atom. The van der Waals surface area contributed by atoms with Crippen molar-refractivity contribution in [2.75, 3.05) is 11.1 Å². The van der Waals surface area contributed by atoms with Gasteiger partial charge in [0.05, 0.1) is 22.1 Å². The fourth-order valence-corrected chi connectivity index (χ4v) is 4.35. The van der Waals surface area contributed by atoms with Crippen LogP contribution in [0.1, 0.15) is 24.2 Å². The highest BCUT2D eigenvalue weighted by Crippen LogP contribution is 2.31. The second kappa shape index (κ2) is 8.66. The van der Waals surface area contributed by atoms with Crippen LogP contribution >= 0.6 is 11.8 Å². The molecule has 3 aromatic rings. The van der Waals surface area contributed by atoms with Gasteiger partial charge >= 0.3 is 0 Å². The van der Waals surface area contributed by atoms with Gasteiger partial charge in [0.15, 0.2) is 5.16 Å². The van der Waals surface area contributed by atoms with Crippen molar-refractivity contribution >= 4 is 29.0 Å². The molecule has 0 atom stereocenters. The van der Waals surface area contributed by atoms with Crippen LogP contribution in [0.15, 0.2) is 53.7 Å². The molecule has 0 fully saturated rings. The number of thioether (sulfide) groups is 1. The predicted octanol–water partition coefficient (Wildman–Crippen LogP) is 4.53. The average Bonchev–Trinajstić information content (AvgIpc) is 3.12. The molecule has 1 heterocycles. The number of aryl methyl sites for hydroxylation is 1. The summed E-state index contributed by atoms with van der Waals surface area (Å²) in [6.45, 7) is 0. The third kappa shape index (κ3) is 4.20. The highest BCUT2D eigenvalue weighted by atomic mass is 32.2. The molecule has 1 amide bonds. The quantitative estimate of drug-likeness (QED) is 0.355. The highest BCUT2D eigenvalue weighted by Gasteiger charge is 2.22. The van der Waals surface area contributed by atoms with Crippen LogP contribution in [-0.4, -0.2) is 26.1 Å². The Balaban J connectivity index is 1.53. The number of nitro benzene ring substituents is 1. The lowest BCUT2D eigenvalue weighted by Gasteiger charge is -2.15. The van der Waals surface area contributed by atoms with Crippen molar-refractivity contribution in [3.8, 4) is 5.69 Å². The number of carbonyl (C=O) groups is 1. The van der Waals surface area contributed by atoms with Crippen molar-refractivity contribution in [2.45, 2.75) is 30.8 Å². The summed E-state index contributed by atoms with van der Waals surface area (Å²) in [5.74, 6) is -1.18. The number of aromatic nitrogens is 2. The first-order valence-electron chi connectivity index (χ1n) is 9.55. The van der Waals surface area contributed by atoms with Crippen molar-refractivity contribution in [3.05, 3.63) is 75.9 Å². The number of hydrogen-bond donors (Lipinski definition) is 1. The minimum atomic E-state index is -0.722. The summed E-state index contributed by atoms with van der Waals surface area (Å²) in [4.78, 5) is 27.4. The third-order valence-electron chi connectivity index (χ3n) is 4.88. The van der Waals surface area contributed by atoms with E-state index in [0.29, 0.717) is 5.16 Å². The normalized spacial score (nSPS) is 13.0. The molecule has 0 radical (unpaired) electrons. The number of non-ortho nitro benzene ring substituents is 1. The van der Waals surface area contributed by atoms with Gasteiger partial charge in [-0.2, -0.15) is 0 Å². The summed E-state index contributed by atoms with van der Waals surface area (Å²) in [7, 11) is 0. The van der Waals surface area contributed by atoms with Gasteiger partial charge < -0.3 is 5.32 Å². The maximum Gasteiger partial charge on any atom is 0.271 e. The van der Waals surface area contributed by atoms with Gasteiger partial charge in [0, 0.05) is 23.5 Å². The molecule has 1 N–H and O–H groups in total. The van der Waals surface area contributed by atoms with E-state index in [4.69, 9.17) is 4.98 Å². The molecule has 7 nitrogen and oxygen atoms in total. The number of imidazole rings is 1. The first kappa shape index (κ1) is 20.1. The molecule has 0 spiro atoms. The zero-order valence-electron chi connectivity index (χ0n) is 16.0. The predicted molar refractivity (Wildman–Crippen MR) is 113 cm³/mol. The van der Waals surface area contributed by atoms with Crippen molar-refractivity contribution in [1.29, 1.82) is 0 Å². The Bertz CT molecular complexity index is 1100. The number of nitrogens with zero attached hydrogens (tertiary/aromatic N) is 3. The van der Waals surface area contributed by atoms with E-state index in [0.717, 1.165) is 55.3 Å². The van der Waals surface area contributed by atoms with Gasteiger partial charge in [-0.25, -0.2) is 9.37 Å². The number of nitrogens with one attached hydrogen (secondary N) is 1. The van der Waals surface area contributed by atoms with E-state index in [9.17, 15) is 19.3 Å². The molecular formula is C21H19FN4O3S. The van der Waals surface area contributed by atoms with Crippen molar-refractivity contribution < 1.29 is 14.1 Å². The molecule has 1 aliphatic rings. The SMILES string of the molecule is O=C(CSc1nc2c(n1-c1ccccc1)CCCC2)Nc1cc([N+](=O)[O-])ccc1F. The van der Waals surface area contributed by atoms with E-state index in [1.165, 1.54) is 17.5 Å². The van der Waals surface area contributed by atoms with Gasteiger partial charge in [0.25, 0.3) is 5.69 Å². The number of rotatable bonds is 6. The maximum atomic E-state index is 13.9. The van der Waals surface area contributed by atoms with Crippen LogP contribution in [0.4, 0.5) is 15.8 Å². The minimum Gasteiger partial charge on any atom is -0.323 e. The van der Waals surface area contributed by atoms with Crippen LogP contribution < -0.4 is 5.32 Å². The van der Waals surface area contributed by atoms with E-state index >= 15 is 0 Å². The molecule has 1 aliphatic carbocycles. The lowest BCUT2D eigenvalue weighted by molar-refractivity contribution is -0.384. The van der Waals surface area contributed by atoms with Crippen molar-refractivity contribution in [1.82, 2.24) is 9.55 Å². The van der Waals surface area contributed by atoms with Crippen LogP contribution in [0.25, 0.3) is 5.69 Å².